The Morgan fingerprint density at radius 3 is 3.00 bits per heavy atom. The van der Waals surface area contributed by atoms with Gasteiger partial charge in [-0.2, -0.15) is 0 Å². The van der Waals surface area contributed by atoms with Gasteiger partial charge in [0, 0.05) is 47.3 Å². The summed E-state index contributed by atoms with van der Waals surface area (Å²) in [4.78, 5) is 20.6. The van der Waals surface area contributed by atoms with Crippen LogP contribution in [0.1, 0.15) is 24.1 Å². The van der Waals surface area contributed by atoms with E-state index < -0.39 is 0 Å². The standard InChI is InChI=1S/C25H24N6O2S/c1-16-8-9-22-27-17(11-23(32)30(22)13-16)15-34-25-29-28-24(31(25)14-18-5-4-10-33-18)20-12-26-21-7-3-2-6-19(20)21/h2-3,6-9,11-13,18,26H,4-5,10,14-15H2,1H3/t18-/m0/s1. The second-order valence-corrected chi connectivity index (χ2v) is 9.55. The Hall–Kier alpha value is -3.43. The highest BCUT2D eigenvalue weighted by atomic mass is 32.2. The molecule has 0 saturated carbocycles. The van der Waals surface area contributed by atoms with Crippen LogP contribution in [0.2, 0.25) is 0 Å². The second-order valence-electron chi connectivity index (χ2n) is 8.61. The number of hydrogen-bond acceptors (Lipinski definition) is 6. The van der Waals surface area contributed by atoms with E-state index in [1.165, 1.54) is 0 Å². The first-order valence-electron chi connectivity index (χ1n) is 11.4. The topological polar surface area (TPSA) is 90.1 Å². The Balaban J connectivity index is 1.34. The van der Waals surface area contributed by atoms with E-state index in [2.05, 4.69) is 36.9 Å². The fourth-order valence-corrected chi connectivity index (χ4v) is 5.32. The van der Waals surface area contributed by atoms with Gasteiger partial charge in [0.25, 0.3) is 5.56 Å². The van der Waals surface area contributed by atoms with Crippen molar-refractivity contribution in [2.24, 2.45) is 0 Å². The number of benzene rings is 1. The van der Waals surface area contributed by atoms with Crippen molar-refractivity contribution in [3.05, 3.63) is 76.5 Å². The highest BCUT2D eigenvalue weighted by molar-refractivity contribution is 7.98. The molecule has 0 amide bonds. The molecule has 1 aliphatic heterocycles. The number of nitrogens with zero attached hydrogens (tertiary/aromatic N) is 5. The van der Waals surface area contributed by atoms with Gasteiger partial charge in [-0.3, -0.25) is 13.8 Å². The van der Waals surface area contributed by atoms with Crippen molar-refractivity contribution in [2.45, 2.75) is 43.3 Å². The third kappa shape index (κ3) is 3.91. The van der Waals surface area contributed by atoms with Crippen LogP contribution in [0.5, 0.6) is 0 Å². The number of hydrogen-bond donors (Lipinski definition) is 1. The van der Waals surface area contributed by atoms with Crippen molar-refractivity contribution < 1.29 is 4.74 Å². The van der Waals surface area contributed by atoms with Gasteiger partial charge in [-0.05, 0) is 37.5 Å². The maximum Gasteiger partial charge on any atom is 0.258 e. The molecule has 1 atom stereocenters. The lowest BCUT2D eigenvalue weighted by atomic mass is 10.1. The fourth-order valence-electron chi connectivity index (χ4n) is 4.48. The predicted octanol–water partition coefficient (Wildman–Crippen LogP) is 4.21. The quantitative estimate of drug-likeness (QED) is 0.372. The number of aromatic nitrogens is 6. The van der Waals surface area contributed by atoms with E-state index in [9.17, 15) is 4.79 Å². The van der Waals surface area contributed by atoms with Crippen molar-refractivity contribution in [1.29, 1.82) is 0 Å². The van der Waals surface area contributed by atoms with Crippen molar-refractivity contribution in [3.63, 3.8) is 0 Å². The summed E-state index contributed by atoms with van der Waals surface area (Å²) >= 11 is 1.54. The normalized spacial score (nSPS) is 16.1. The van der Waals surface area contributed by atoms with Gasteiger partial charge in [0.15, 0.2) is 11.0 Å². The summed E-state index contributed by atoms with van der Waals surface area (Å²) in [6.45, 7) is 3.45. The molecule has 172 valence electrons. The average molecular weight is 473 g/mol. The molecule has 0 spiro atoms. The molecule has 34 heavy (non-hydrogen) atoms. The Morgan fingerprint density at radius 2 is 2.12 bits per heavy atom. The molecular weight excluding hydrogens is 448 g/mol. The number of rotatable bonds is 6. The zero-order valence-electron chi connectivity index (χ0n) is 18.8. The van der Waals surface area contributed by atoms with Gasteiger partial charge in [-0.15, -0.1) is 10.2 Å². The molecule has 0 bridgehead atoms. The Bertz CT molecular complexity index is 1550. The minimum atomic E-state index is -0.0791. The van der Waals surface area contributed by atoms with Gasteiger partial charge >= 0.3 is 0 Å². The number of para-hydroxylation sites is 1. The van der Waals surface area contributed by atoms with Gasteiger partial charge in [-0.25, -0.2) is 4.98 Å². The molecule has 9 heteroatoms. The van der Waals surface area contributed by atoms with Crippen molar-refractivity contribution in [2.75, 3.05) is 6.61 Å². The maximum absolute atomic E-state index is 12.6. The van der Waals surface area contributed by atoms with E-state index in [-0.39, 0.29) is 11.7 Å². The van der Waals surface area contributed by atoms with Gasteiger partial charge in [-0.1, -0.05) is 36.0 Å². The van der Waals surface area contributed by atoms with Crippen LogP contribution in [0.3, 0.4) is 0 Å². The van der Waals surface area contributed by atoms with Crippen LogP contribution < -0.4 is 5.56 Å². The predicted molar refractivity (Wildman–Crippen MR) is 132 cm³/mol. The molecule has 1 aromatic carbocycles. The zero-order chi connectivity index (χ0) is 23.1. The van der Waals surface area contributed by atoms with E-state index >= 15 is 0 Å². The molecule has 5 aromatic rings. The Labute approximate surface area is 200 Å². The molecule has 0 unspecified atom stereocenters. The lowest BCUT2D eigenvalue weighted by Crippen LogP contribution is -2.17. The van der Waals surface area contributed by atoms with Crippen molar-refractivity contribution >= 4 is 28.3 Å². The molecule has 5 heterocycles. The van der Waals surface area contributed by atoms with Gasteiger partial charge in [0.1, 0.15) is 5.65 Å². The molecule has 1 fully saturated rings. The average Bonchev–Trinajstić information content (AvgIpc) is 3.59. The first-order valence-corrected chi connectivity index (χ1v) is 12.4. The van der Waals surface area contributed by atoms with Crippen LogP contribution in [-0.4, -0.2) is 41.8 Å². The van der Waals surface area contributed by atoms with Crippen LogP contribution in [0.25, 0.3) is 27.9 Å². The smallest absolute Gasteiger partial charge is 0.258 e. The summed E-state index contributed by atoms with van der Waals surface area (Å²) < 4.78 is 9.66. The minimum Gasteiger partial charge on any atom is -0.376 e. The Kier molecular flexibility index (Phi) is 5.43. The number of thioether (sulfide) groups is 1. The summed E-state index contributed by atoms with van der Waals surface area (Å²) in [7, 11) is 0. The third-order valence-electron chi connectivity index (χ3n) is 6.17. The molecule has 1 saturated heterocycles. The van der Waals surface area contributed by atoms with Gasteiger partial charge < -0.3 is 9.72 Å². The number of nitrogens with one attached hydrogen (secondary N) is 1. The number of pyridine rings is 1. The first-order chi connectivity index (χ1) is 16.7. The van der Waals surface area contributed by atoms with Crippen molar-refractivity contribution in [1.82, 2.24) is 29.1 Å². The number of H-pyrrole nitrogens is 1. The number of aromatic amines is 1. The fraction of sp³-hybridized carbons (Fsp3) is 0.280. The summed E-state index contributed by atoms with van der Waals surface area (Å²) in [6.07, 6.45) is 6.04. The van der Waals surface area contributed by atoms with E-state index in [0.717, 1.165) is 58.2 Å². The highest BCUT2D eigenvalue weighted by Crippen LogP contribution is 2.32. The maximum atomic E-state index is 12.6. The third-order valence-corrected chi connectivity index (χ3v) is 7.17. The SMILES string of the molecule is Cc1ccc2nc(CSc3nnc(-c4c[nH]c5ccccc45)n3C[C@@H]3CCCO3)cc(=O)n2c1. The molecule has 0 aliphatic carbocycles. The monoisotopic (exact) mass is 472 g/mol. The van der Waals surface area contributed by atoms with E-state index in [0.29, 0.717) is 17.9 Å². The summed E-state index contributed by atoms with van der Waals surface area (Å²) in [5, 5.41) is 11.0. The van der Waals surface area contributed by atoms with E-state index in [1.54, 1.807) is 22.2 Å². The molecule has 0 radical (unpaired) electrons. The summed E-state index contributed by atoms with van der Waals surface area (Å²) in [5.74, 6) is 1.34. The molecule has 1 aliphatic rings. The minimum absolute atomic E-state index is 0.0791. The second kappa shape index (κ2) is 8.73. The Morgan fingerprint density at radius 1 is 1.21 bits per heavy atom. The van der Waals surface area contributed by atoms with Gasteiger partial charge in [0.05, 0.1) is 18.3 Å². The van der Waals surface area contributed by atoms with Crippen molar-refractivity contribution in [3.8, 4) is 11.4 Å². The van der Waals surface area contributed by atoms with E-state index in [4.69, 9.17) is 4.74 Å². The molecule has 4 aromatic heterocycles. The molecule has 6 rings (SSSR count). The molecular formula is C25H24N6O2S. The largest absolute Gasteiger partial charge is 0.376 e. The number of ether oxygens (including phenoxy) is 1. The van der Waals surface area contributed by atoms with Gasteiger partial charge in [0.2, 0.25) is 0 Å². The van der Waals surface area contributed by atoms with Crippen LogP contribution in [0.4, 0.5) is 0 Å². The van der Waals surface area contributed by atoms with Crippen LogP contribution in [0, 0.1) is 6.92 Å². The summed E-state index contributed by atoms with van der Waals surface area (Å²) in [6, 6.07) is 13.6. The van der Waals surface area contributed by atoms with Crippen LogP contribution >= 0.6 is 11.8 Å². The molecule has 8 nitrogen and oxygen atoms in total. The number of aryl methyl sites for hydroxylation is 1. The van der Waals surface area contributed by atoms with Crippen LogP contribution in [-0.2, 0) is 17.0 Å². The first kappa shape index (κ1) is 21.1. The lowest BCUT2D eigenvalue weighted by Gasteiger charge is -2.14. The zero-order valence-corrected chi connectivity index (χ0v) is 19.6. The number of fused-ring (bicyclic) bond motifs is 2. The van der Waals surface area contributed by atoms with Crippen LogP contribution in [0.15, 0.2) is 64.8 Å². The highest BCUT2D eigenvalue weighted by Gasteiger charge is 2.23. The van der Waals surface area contributed by atoms with E-state index in [1.807, 2.05) is 43.6 Å². The summed E-state index contributed by atoms with van der Waals surface area (Å²) in [5.41, 5.74) is 4.39. The molecule has 1 N–H and O–H groups in total. The lowest BCUT2D eigenvalue weighted by molar-refractivity contribution is 0.0953.